The van der Waals surface area contributed by atoms with E-state index >= 15 is 0 Å². The van der Waals surface area contributed by atoms with Gasteiger partial charge in [-0.1, -0.05) is 0 Å². The normalized spacial score (nSPS) is 10.8. The zero-order valence-electron chi connectivity index (χ0n) is 9.67. The molecule has 5 heteroatoms. The standard InChI is InChI=1S/C13H10FN3O/c1-18-12-4-2-9(14)8-10(12)11-3-5-13-15-6-7-17(13)16-11/h2-8H,1H3. The summed E-state index contributed by atoms with van der Waals surface area (Å²) in [5.74, 6) is 0.265. The maximum Gasteiger partial charge on any atom is 0.153 e. The highest BCUT2D eigenvalue weighted by Crippen LogP contribution is 2.29. The molecular formula is C13H10FN3O. The molecule has 0 saturated carbocycles. The number of hydrogen-bond donors (Lipinski definition) is 0. The van der Waals surface area contributed by atoms with Gasteiger partial charge < -0.3 is 4.74 Å². The van der Waals surface area contributed by atoms with Crippen molar-refractivity contribution in [1.29, 1.82) is 0 Å². The van der Waals surface area contributed by atoms with Crippen LogP contribution in [0.4, 0.5) is 4.39 Å². The molecule has 0 aliphatic heterocycles. The van der Waals surface area contributed by atoms with Gasteiger partial charge in [0.05, 0.1) is 12.8 Å². The predicted octanol–water partition coefficient (Wildman–Crippen LogP) is 2.54. The Labute approximate surface area is 103 Å². The Kier molecular flexibility index (Phi) is 2.44. The van der Waals surface area contributed by atoms with E-state index in [-0.39, 0.29) is 5.82 Å². The molecule has 0 saturated heterocycles. The van der Waals surface area contributed by atoms with Crippen molar-refractivity contribution < 1.29 is 9.13 Å². The fraction of sp³-hybridized carbons (Fsp3) is 0.0769. The predicted molar refractivity (Wildman–Crippen MR) is 64.9 cm³/mol. The highest BCUT2D eigenvalue weighted by molar-refractivity contribution is 5.67. The maximum absolute atomic E-state index is 13.3. The molecule has 0 N–H and O–H groups in total. The van der Waals surface area contributed by atoms with Crippen LogP contribution in [0, 0.1) is 5.82 Å². The quantitative estimate of drug-likeness (QED) is 0.694. The number of benzene rings is 1. The monoisotopic (exact) mass is 243 g/mol. The first-order valence-electron chi connectivity index (χ1n) is 5.42. The fourth-order valence-corrected chi connectivity index (χ4v) is 1.84. The summed E-state index contributed by atoms with van der Waals surface area (Å²) in [7, 11) is 1.55. The highest BCUT2D eigenvalue weighted by atomic mass is 19.1. The first-order valence-corrected chi connectivity index (χ1v) is 5.42. The summed E-state index contributed by atoms with van der Waals surface area (Å²) in [4.78, 5) is 4.11. The Morgan fingerprint density at radius 2 is 2.11 bits per heavy atom. The highest BCUT2D eigenvalue weighted by Gasteiger charge is 2.09. The summed E-state index contributed by atoms with van der Waals surface area (Å²) in [5.41, 5.74) is 2.00. The van der Waals surface area contributed by atoms with Crippen LogP contribution in [0.3, 0.4) is 0 Å². The molecule has 0 aliphatic carbocycles. The van der Waals surface area contributed by atoms with Gasteiger partial charge in [-0.15, -0.1) is 0 Å². The minimum atomic E-state index is -0.321. The maximum atomic E-state index is 13.3. The topological polar surface area (TPSA) is 39.4 Å². The van der Waals surface area contributed by atoms with E-state index in [1.807, 2.05) is 6.07 Å². The van der Waals surface area contributed by atoms with Gasteiger partial charge in [-0.2, -0.15) is 5.10 Å². The molecule has 4 nitrogen and oxygen atoms in total. The van der Waals surface area contributed by atoms with Gasteiger partial charge in [0.25, 0.3) is 0 Å². The number of ether oxygens (including phenoxy) is 1. The van der Waals surface area contributed by atoms with Crippen LogP contribution in [-0.4, -0.2) is 21.7 Å². The molecule has 0 spiro atoms. The molecule has 0 aliphatic rings. The van der Waals surface area contributed by atoms with Crippen molar-refractivity contribution >= 4 is 5.65 Å². The van der Waals surface area contributed by atoms with Gasteiger partial charge >= 0.3 is 0 Å². The van der Waals surface area contributed by atoms with Crippen LogP contribution in [0.25, 0.3) is 16.9 Å². The molecule has 90 valence electrons. The Hall–Kier alpha value is -2.43. The van der Waals surface area contributed by atoms with Crippen LogP contribution in [0.15, 0.2) is 42.7 Å². The van der Waals surface area contributed by atoms with Crippen molar-refractivity contribution in [2.75, 3.05) is 7.11 Å². The third-order valence-corrected chi connectivity index (χ3v) is 2.69. The molecule has 18 heavy (non-hydrogen) atoms. The van der Waals surface area contributed by atoms with Crippen LogP contribution in [0.1, 0.15) is 0 Å². The molecule has 0 unspecified atom stereocenters. The van der Waals surface area contributed by atoms with Gasteiger partial charge in [-0.25, -0.2) is 13.9 Å². The summed E-state index contributed by atoms with van der Waals surface area (Å²) in [6.45, 7) is 0. The number of rotatable bonds is 2. The molecule has 0 radical (unpaired) electrons. The van der Waals surface area contributed by atoms with E-state index in [0.717, 1.165) is 5.65 Å². The van der Waals surface area contributed by atoms with E-state index in [1.54, 1.807) is 36.2 Å². The third kappa shape index (κ3) is 1.69. The number of fused-ring (bicyclic) bond motifs is 1. The number of imidazole rings is 1. The van der Waals surface area contributed by atoms with Crippen LogP contribution in [0.5, 0.6) is 5.75 Å². The number of hydrogen-bond acceptors (Lipinski definition) is 3. The van der Waals surface area contributed by atoms with E-state index < -0.39 is 0 Å². The average molecular weight is 243 g/mol. The lowest BCUT2D eigenvalue weighted by molar-refractivity contribution is 0.415. The number of aromatic nitrogens is 3. The summed E-state index contributed by atoms with van der Waals surface area (Å²) in [5, 5.41) is 4.36. The number of methoxy groups -OCH3 is 1. The number of halogens is 1. The van der Waals surface area contributed by atoms with Crippen LogP contribution in [0.2, 0.25) is 0 Å². The average Bonchev–Trinajstić information content (AvgIpc) is 2.85. The van der Waals surface area contributed by atoms with E-state index in [1.165, 1.54) is 12.1 Å². The third-order valence-electron chi connectivity index (χ3n) is 2.69. The molecule has 0 bridgehead atoms. The van der Waals surface area contributed by atoms with Crippen LogP contribution >= 0.6 is 0 Å². The zero-order valence-corrected chi connectivity index (χ0v) is 9.67. The van der Waals surface area contributed by atoms with Crippen LogP contribution < -0.4 is 4.74 Å². The van der Waals surface area contributed by atoms with Crippen molar-refractivity contribution in [3.8, 4) is 17.0 Å². The van der Waals surface area contributed by atoms with E-state index in [0.29, 0.717) is 17.0 Å². The minimum absolute atomic E-state index is 0.321. The summed E-state index contributed by atoms with van der Waals surface area (Å²) < 4.78 is 20.2. The van der Waals surface area contributed by atoms with Crippen molar-refractivity contribution in [3.63, 3.8) is 0 Å². The van der Waals surface area contributed by atoms with E-state index in [2.05, 4.69) is 10.1 Å². The smallest absolute Gasteiger partial charge is 0.153 e. The molecule has 0 amide bonds. The van der Waals surface area contributed by atoms with E-state index in [9.17, 15) is 4.39 Å². The summed E-state index contributed by atoms with van der Waals surface area (Å²) >= 11 is 0. The second kappa shape index (κ2) is 4.10. The molecule has 0 atom stereocenters. The second-order valence-corrected chi connectivity index (χ2v) is 3.79. The molecule has 2 heterocycles. The molecular weight excluding hydrogens is 233 g/mol. The van der Waals surface area contributed by atoms with Crippen molar-refractivity contribution in [2.45, 2.75) is 0 Å². The second-order valence-electron chi connectivity index (χ2n) is 3.79. The first kappa shape index (κ1) is 10.7. The van der Waals surface area contributed by atoms with E-state index in [4.69, 9.17) is 4.74 Å². The molecule has 1 aromatic carbocycles. The molecule has 3 aromatic rings. The molecule has 2 aromatic heterocycles. The largest absolute Gasteiger partial charge is 0.496 e. The Balaban J connectivity index is 2.21. The Morgan fingerprint density at radius 1 is 1.22 bits per heavy atom. The molecule has 0 fully saturated rings. The fourth-order valence-electron chi connectivity index (χ4n) is 1.84. The van der Waals surface area contributed by atoms with Gasteiger partial charge in [0.2, 0.25) is 0 Å². The lowest BCUT2D eigenvalue weighted by Crippen LogP contribution is -1.96. The SMILES string of the molecule is COc1ccc(F)cc1-c1ccc2nccn2n1. The van der Waals surface area contributed by atoms with Crippen molar-refractivity contribution in [3.05, 3.63) is 48.5 Å². The van der Waals surface area contributed by atoms with Gasteiger partial charge in [-0.05, 0) is 30.3 Å². The lowest BCUT2D eigenvalue weighted by atomic mass is 10.1. The summed E-state index contributed by atoms with van der Waals surface area (Å²) in [6.07, 6.45) is 3.40. The molecule has 3 rings (SSSR count). The van der Waals surface area contributed by atoms with Gasteiger partial charge in [0.1, 0.15) is 11.6 Å². The minimum Gasteiger partial charge on any atom is -0.496 e. The van der Waals surface area contributed by atoms with Crippen molar-refractivity contribution in [1.82, 2.24) is 14.6 Å². The lowest BCUT2D eigenvalue weighted by Gasteiger charge is -2.08. The van der Waals surface area contributed by atoms with Crippen LogP contribution in [-0.2, 0) is 0 Å². The van der Waals surface area contributed by atoms with Gasteiger partial charge in [0.15, 0.2) is 5.65 Å². The number of nitrogens with zero attached hydrogens (tertiary/aromatic N) is 3. The summed E-state index contributed by atoms with van der Waals surface area (Å²) in [6, 6.07) is 7.97. The first-order chi connectivity index (χ1) is 8.78. The zero-order chi connectivity index (χ0) is 12.5. The Morgan fingerprint density at radius 3 is 2.94 bits per heavy atom. The van der Waals surface area contributed by atoms with Gasteiger partial charge in [0, 0.05) is 18.0 Å². The van der Waals surface area contributed by atoms with Crippen molar-refractivity contribution in [2.24, 2.45) is 0 Å². The Bertz CT molecular complexity index is 708. The van der Waals surface area contributed by atoms with Gasteiger partial charge in [-0.3, -0.25) is 0 Å².